The summed E-state index contributed by atoms with van der Waals surface area (Å²) in [6, 6.07) is 0. The highest BCUT2D eigenvalue weighted by Gasteiger charge is 2.15. The molecule has 0 aromatic rings. The summed E-state index contributed by atoms with van der Waals surface area (Å²) in [6.45, 7) is 0.504. The third-order valence-corrected chi connectivity index (χ3v) is 1.07. The maximum atomic E-state index is 4.57. The first kappa shape index (κ1) is 8.62. The maximum absolute atomic E-state index is 4.57. The Kier molecular flexibility index (Phi) is 4.44. The number of alkyl halides is 3. The molecule has 0 amide bonds. The number of hydrogen-bond donors (Lipinski definition) is 0. The fraction of sp³-hybridized carbons (Fsp3) is 1.00. The smallest absolute Gasteiger partial charge is 0.246 e. The second-order valence-electron chi connectivity index (χ2n) is 0.904. The van der Waals surface area contributed by atoms with Crippen LogP contribution in [0.4, 0.5) is 0 Å². The molecule has 0 saturated heterocycles. The SMILES string of the molecule is [Si]OCC(Br)(Br)Br. The van der Waals surface area contributed by atoms with Crippen molar-refractivity contribution in [3.8, 4) is 0 Å². The lowest BCUT2D eigenvalue weighted by Crippen LogP contribution is -2.08. The van der Waals surface area contributed by atoms with Crippen molar-refractivity contribution in [1.29, 1.82) is 0 Å². The van der Waals surface area contributed by atoms with Crippen molar-refractivity contribution in [2.45, 2.75) is 2.14 Å². The molecule has 0 aromatic heterocycles. The summed E-state index contributed by atoms with van der Waals surface area (Å²) >= 11 is 9.65. The van der Waals surface area contributed by atoms with Crippen LogP contribution in [-0.2, 0) is 4.43 Å². The number of hydrogen-bond acceptors (Lipinski definition) is 1. The molecule has 0 aromatic carbocycles. The van der Waals surface area contributed by atoms with Crippen molar-refractivity contribution < 1.29 is 4.43 Å². The molecule has 0 aliphatic heterocycles. The molecular weight excluding hydrogens is 308 g/mol. The Balaban J connectivity index is 3.15. The maximum Gasteiger partial charge on any atom is 0.246 e. The molecule has 5 heteroatoms. The van der Waals surface area contributed by atoms with E-state index < -0.39 is 0 Å². The molecule has 0 bridgehead atoms. The lowest BCUT2D eigenvalue weighted by atomic mass is 10.9. The van der Waals surface area contributed by atoms with E-state index >= 15 is 0 Å². The predicted molar refractivity (Wildman–Crippen MR) is 41.2 cm³/mol. The van der Waals surface area contributed by atoms with E-state index in [2.05, 4.69) is 62.7 Å². The fourth-order valence-corrected chi connectivity index (χ4v) is 1.28. The van der Waals surface area contributed by atoms with Crippen LogP contribution < -0.4 is 0 Å². The summed E-state index contributed by atoms with van der Waals surface area (Å²) in [5, 5.41) is 0. The van der Waals surface area contributed by atoms with Gasteiger partial charge in [-0.15, -0.1) is 0 Å². The second kappa shape index (κ2) is 3.61. The topological polar surface area (TPSA) is 9.23 Å². The molecule has 0 atom stereocenters. The lowest BCUT2D eigenvalue weighted by Gasteiger charge is -2.08. The van der Waals surface area contributed by atoms with E-state index in [9.17, 15) is 0 Å². The van der Waals surface area contributed by atoms with E-state index in [1.807, 2.05) is 0 Å². The van der Waals surface area contributed by atoms with Gasteiger partial charge in [0.15, 0.2) is 2.14 Å². The average molecular weight is 310 g/mol. The van der Waals surface area contributed by atoms with Crippen LogP contribution >= 0.6 is 47.8 Å². The Morgan fingerprint density at radius 2 is 1.86 bits per heavy atom. The number of halogens is 3. The fourth-order valence-electron chi connectivity index (χ4n) is 0.0818. The Morgan fingerprint density at radius 1 is 1.43 bits per heavy atom. The normalized spacial score (nSPS) is 12.0. The van der Waals surface area contributed by atoms with Crippen molar-refractivity contribution in [2.75, 3.05) is 6.61 Å². The summed E-state index contributed by atoms with van der Waals surface area (Å²) in [7, 11) is 2.84. The van der Waals surface area contributed by atoms with Crippen molar-refractivity contribution in [1.82, 2.24) is 0 Å². The van der Waals surface area contributed by atoms with Crippen molar-refractivity contribution in [2.24, 2.45) is 0 Å². The van der Waals surface area contributed by atoms with Crippen LogP contribution in [0.1, 0.15) is 0 Å². The highest BCUT2D eigenvalue weighted by atomic mass is 80.0. The van der Waals surface area contributed by atoms with Gasteiger partial charge in [-0.3, -0.25) is 0 Å². The average Bonchev–Trinajstić information content (AvgIpc) is 1.30. The van der Waals surface area contributed by atoms with Crippen LogP contribution in [0, 0.1) is 0 Å². The quantitative estimate of drug-likeness (QED) is 0.531. The molecule has 0 heterocycles. The summed E-state index contributed by atoms with van der Waals surface area (Å²) in [4.78, 5) is 0. The van der Waals surface area contributed by atoms with Gasteiger partial charge in [0.2, 0.25) is 10.5 Å². The first-order chi connectivity index (χ1) is 3.06. The van der Waals surface area contributed by atoms with Gasteiger partial charge in [-0.25, -0.2) is 0 Å². The first-order valence-corrected chi connectivity index (χ1v) is 4.20. The zero-order valence-corrected chi connectivity index (χ0v) is 9.01. The van der Waals surface area contributed by atoms with Gasteiger partial charge >= 0.3 is 0 Å². The molecule has 0 rings (SSSR count). The van der Waals surface area contributed by atoms with Gasteiger partial charge in [0.1, 0.15) is 0 Å². The van der Waals surface area contributed by atoms with E-state index in [0.29, 0.717) is 6.61 Å². The van der Waals surface area contributed by atoms with E-state index in [-0.39, 0.29) is 2.14 Å². The van der Waals surface area contributed by atoms with Gasteiger partial charge in [-0.2, -0.15) is 0 Å². The predicted octanol–water partition coefficient (Wildman–Crippen LogP) is 1.92. The molecule has 0 aliphatic carbocycles. The molecule has 0 unspecified atom stereocenters. The van der Waals surface area contributed by atoms with Gasteiger partial charge in [0.25, 0.3) is 0 Å². The molecule has 41 valence electrons. The van der Waals surface area contributed by atoms with Gasteiger partial charge in [-0.05, 0) is 0 Å². The summed E-state index contributed by atoms with van der Waals surface area (Å²) in [5.74, 6) is 0. The second-order valence-corrected chi connectivity index (χ2v) is 8.45. The van der Waals surface area contributed by atoms with Crippen molar-refractivity contribution >= 4 is 58.3 Å². The minimum Gasteiger partial charge on any atom is -0.415 e. The highest BCUT2D eigenvalue weighted by Crippen LogP contribution is 2.32. The van der Waals surface area contributed by atoms with Gasteiger partial charge in [-0.1, -0.05) is 47.8 Å². The molecule has 3 radical (unpaired) electrons. The molecule has 0 fully saturated rings. The number of rotatable bonds is 1. The van der Waals surface area contributed by atoms with Gasteiger partial charge in [0.05, 0.1) is 6.61 Å². The molecule has 0 aliphatic rings. The molecule has 7 heavy (non-hydrogen) atoms. The van der Waals surface area contributed by atoms with Gasteiger partial charge in [0, 0.05) is 0 Å². The monoisotopic (exact) mass is 307 g/mol. The zero-order valence-electron chi connectivity index (χ0n) is 3.25. The Hall–Kier alpha value is 1.62. The molecule has 0 saturated carbocycles. The van der Waals surface area contributed by atoms with Crippen molar-refractivity contribution in [3.63, 3.8) is 0 Å². The molecule has 0 spiro atoms. The summed E-state index contributed by atoms with van der Waals surface area (Å²) < 4.78 is 4.29. The Labute approximate surface area is 71.1 Å². The highest BCUT2D eigenvalue weighted by molar-refractivity contribution is 9.39. The van der Waals surface area contributed by atoms with Crippen LogP contribution in [0.2, 0.25) is 0 Å². The molecule has 0 N–H and O–H groups in total. The summed E-state index contributed by atoms with van der Waals surface area (Å²) in [6.07, 6.45) is 0. The van der Waals surface area contributed by atoms with Crippen molar-refractivity contribution in [3.05, 3.63) is 0 Å². The largest absolute Gasteiger partial charge is 0.415 e. The standard InChI is InChI=1S/C2H2Br3OSi/c3-2(4,5)1-6-7/h1H2. The minimum atomic E-state index is -0.283. The van der Waals surface area contributed by atoms with Crippen LogP contribution in [0.25, 0.3) is 0 Å². The Morgan fingerprint density at radius 3 is 1.86 bits per heavy atom. The van der Waals surface area contributed by atoms with E-state index in [4.69, 9.17) is 0 Å². The first-order valence-electron chi connectivity index (χ1n) is 1.41. The third kappa shape index (κ3) is 7.62. The van der Waals surface area contributed by atoms with Gasteiger partial charge < -0.3 is 4.43 Å². The third-order valence-electron chi connectivity index (χ3n) is 0.236. The van der Waals surface area contributed by atoms with Crippen LogP contribution in [0.15, 0.2) is 0 Å². The van der Waals surface area contributed by atoms with E-state index in [1.165, 1.54) is 0 Å². The summed E-state index contributed by atoms with van der Waals surface area (Å²) in [5.41, 5.74) is 0. The minimum absolute atomic E-state index is 0.283. The molecular formula is C2H2Br3OSi. The Bertz CT molecular complexity index is 51.4. The van der Waals surface area contributed by atoms with E-state index in [0.717, 1.165) is 0 Å². The van der Waals surface area contributed by atoms with Crippen LogP contribution in [-0.4, -0.2) is 19.2 Å². The zero-order chi connectivity index (χ0) is 5.91. The lowest BCUT2D eigenvalue weighted by molar-refractivity contribution is 0.370. The molecule has 1 nitrogen and oxygen atoms in total. The van der Waals surface area contributed by atoms with Crippen LogP contribution in [0.5, 0.6) is 0 Å². The van der Waals surface area contributed by atoms with E-state index in [1.54, 1.807) is 0 Å². The van der Waals surface area contributed by atoms with Crippen LogP contribution in [0.3, 0.4) is 0 Å².